The van der Waals surface area contributed by atoms with Gasteiger partial charge in [0.05, 0.1) is 13.7 Å². The molecular weight excluding hydrogens is 264 g/mol. The van der Waals surface area contributed by atoms with Gasteiger partial charge in [0.1, 0.15) is 5.75 Å². The summed E-state index contributed by atoms with van der Waals surface area (Å²) in [5.41, 5.74) is 1.58. The normalized spacial score (nSPS) is 12.1. The Kier molecular flexibility index (Phi) is 6.18. The molecule has 0 aliphatic carbocycles. The molecule has 19 heavy (non-hydrogen) atoms. The molecule has 1 atom stereocenters. The zero-order chi connectivity index (χ0) is 14.4. The van der Waals surface area contributed by atoms with Crippen molar-refractivity contribution >= 4 is 17.7 Å². The highest BCUT2D eigenvalue weighted by molar-refractivity contribution is 7.98. The summed E-state index contributed by atoms with van der Waals surface area (Å²) < 4.78 is 10.1. The molecule has 5 heteroatoms. The number of aryl methyl sites for hydroxylation is 1. The van der Waals surface area contributed by atoms with Crippen LogP contribution < -0.4 is 4.74 Å². The zero-order valence-corrected chi connectivity index (χ0v) is 12.5. The number of aliphatic hydroxyl groups is 1. The van der Waals surface area contributed by atoms with E-state index in [1.165, 1.54) is 7.11 Å². The summed E-state index contributed by atoms with van der Waals surface area (Å²) in [5.74, 6) is -0.146. The summed E-state index contributed by atoms with van der Waals surface area (Å²) in [4.78, 5) is 12.7. The SMILES string of the molecule is CCOC(=O)C(O)c1cc(SC)c(CC)cc1OC. The van der Waals surface area contributed by atoms with Crippen molar-refractivity contribution in [3.63, 3.8) is 0 Å². The van der Waals surface area contributed by atoms with Gasteiger partial charge in [-0.05, 0) is 37.3 Å². The van der Waals surface area contributed by atoms with Gasteiger partial charge in [0.2, 0.25) is 0 Å². The summed E-state index contributed by atoms with van der Waals surface area (Å²) in [5, 5.41) is 10.1. The molecule has 106 valence electrons. The Morgan fingerprint density at radius 3 is 2.58 bits per heavy atom. The summed E-state index contributed by atoms with van der Waals surface area (Å²) in [6.45, 7) is 3.99. The first kappa shape index (κ1) is 15.9. The lowest BCUT2D eigenvalue weighted by Gasteiger charge is -2.17. The first-order valence-electron chi connectivity index (χ1n) is 6.18. The van der Waals surface area contributed by atoms with Gasteiger partial charge in [-0.3, -0.25) is 0 Å². The van der Waals surface area contributed by atoms with Crippen LogP contribution in [0.3, 0.4) is 0 Å². The van der Waals surface area contributed by atoms with E-state index in [0.29, 0.717) is 11.3 Å². The number of carbonyl (C=O) groups excluding carboxylic acids is 1. The minimum atomic E-state index is -1.31. The number of methoxy groups -OCH3 is 1. The van der Waals surface area contributed by atoms with Gasteiger partial charge in [0.15, 0.2) is 6.10 Å². The predicted octanol–water partition coefficient (Wildman–Crippen LogP) is 2.58. The highest BCUT2D eigenvalue weighted by Gasteiger charge is 2.23. The molecule has 4 nitrogen and oxygen atoms in total. The zero-order valence-electron chi connectivity index (χ0n) is 11.7. The number of thioether (sulfide) groups is 1. The second kappa shape index (κ2) is 7.40. The van der Waals surface area contributed by atoms with Crippen LogP contribution in [-0.4, -0.2) is 31.0 Å². The number of rotatable bonds is 6. The maximum Gasteiger partial charge on any atom is 0.339 e. The lowest BCUT2D eigenvalue weighted by Crippen LogP contribution is -2.16. The van der Waals surface area contributed by atoms with E-state index in [-0.39, 0.29) is 6.61 Å². The second-order valence-corrected chi connectivity index (χ2v) is 4.76. The average Bonchev–Trinajstić information content (AvgIpc) is 2.45. The van der Waals surface area contributed by atoms with Crippen molar-refractivity contribution in [2.24, 2.45) is 0 Å². The minimum Gasteiger partial charge on any atom is -0.496 e. The van der Waals surface area contributed by atoms with Crippen LogP contribution in [0, 0.1) is 0 Å². The van der Waals surface area contributed by atoms with Gasteiger partial charge in [-0.25, -0.2) is 4.79 Å². The summed E-state index contributed by atoms with van der Waals surface area (Å²) in [7, 11) is 1.52. The fourth-order valence-corrected chi connectivity index (χ4v) is 2.53. The number of aliphatic hydroxyl groups excluding tert-OH is 1. The van der Waals surface area contributed by atoms with Crippen molar-refractivity contribution in [2.45, 2.75) is 31.3 Å². The molecule has 0 fully saturated rings. The molecule has 0 aromatic heterocycles. The summed E-state index contributed by atoms with van der Waals surface area (Å²) >= 11 is 1.58. The van der Waals surface area contributed by atoms with Gasteiger partial charge in [0, 0.05) is 10.5 Å². The van der Waals surface area contributed by atoms with Crippen molar-refractivity contribution < 1.29 is 19.4 Å². The number of esters is 1. The molecule has 0 saturated carbocycles. The molecule has 0 aliphatic heterocycles. The van der Waals surface area contributed by atoms with E-state index in [4.69, 9.17) is 9.47 Å². The van der Waals surface area contributed by atoms with Crippen LogP contribution in [0.1, 0.15) is 31.1 Å². The van der Waals surface area contributed by atoms with Crippen LogP contribution >= 0.6 is 11.8 Å². The second-order valence-electron chi connectivity index (χ2n) is 3.91. The Morgan fingerprint density at radius 1 is 1.42 bits per heavy atom. The fraction of sp³-hybridized carbons (Fsp3) is 0.500. The number of ether oxygens (including phenoxy) is 2. The van der Waals surface area contributed by atoms with E-state index in [1.807, 2.05) is 12.3 Å². The van der Waals surface area contributed by atoms with Crippen molar-refractivity contribution in [3.8, 4) is 5.75 Å². The van der Waals surface area contributed by atoms with E-state index < -0.39 is 12.1 Å². The van der Waals surface area contributed by atoms with Gasteiger partial charge in [-0.2, -0.15) is 0 Å². The van der Waals surface area contributed by atoms with Crippen LogP contribution in [0.2, 0.25) is 0 Å². The van der Waals surface area contributed by atoms with Gasteiger partial charge in [0.25, 0.3) is 0 Å². The van der Waals surface area contributed by atoms with E-state index in [1.54, 1.807) is 24.8 Å². The first-order valence-corrected chi connectivity index (χ1v) is 7.40. The van der Waals surface area contributed by atoms with Crippen molar-refractivity contribution in [3.05, 3.63) is 23.3 Å². The maximum absolute atomic E-state index is 11.6. The highest BCUT2D eigenvalue weighted by atomic mass is 32.2. The van der Waals surface area contributed by atoms with Gasteiger partial charge >= 0.3 is 5.97 Å². The number of hydrogen-bond acceptors (Lipinski definition) is 5. The molecule has 0 heterocycles. The molecule has 0 radical (unpaired) electrons. The van der Waals surface area contributed by atoms with Crippen molar-refractivity contribution in [1.82, 2.24) is 0 Å². The third-order valence-electron chi connectivity index (χ3n) is 2.82. The average molecular weight is 284 g/mol. The Morgan fingerprint density at radius 2 is 2.11 bits per heavy atom. The number of benzene rings is 1. The van der Waals surface area contributed by atoms with Gasteiger partial charge < -0.3 is 14.6 Å². The van der Waals surface area contributed by atoms with E-state index in [9.17, 15) is 9.90 Å². The maximum atomic E-state index is 11.6. The molecule has 1 aromatic rings. The molecule has 1 unspecified atom stereocenters. The van der Waals surface area contributed by atoms with Gasteiger partial charge in [-0.15, -0.1) is 11.8 Å². The number of hydrogen-bond donors (Lipinski definition) is 1. The molecule has 0 spiro atoms. The first-order chi connectivity index (χ1) is 9.08. The summed E-state index contributed by atoms with van der Waals surface area (Å²) in [6, 6.07) is 3.66. The topological polar surface area (TPSA) is 55.8 Å². The molecular formula is C14H20O4S. The molecule has 0 aliphatic rings. The van der Waals surface area contributed by atoms with E-state index in [2.05, 4.69) is 6.92 Å². The van der Waals surface area contributed by atoms with E-state index in [0.717, 1.165) is 16.9 Å². The monoisotopic (exact) mass is 284 g/mol. The van der Waals surface area contributed by atoms with Crippen molar-refractivity contribution in [1.29, 1.82) is 0 Å². The predicted molar refractivity (Wildman–Crippen MR) is 75.7 cm³/mol. The van der Waals surface area contributed by atoms with Crippen LogP contribution in [0.5, 0.6) is 5.75 Å². The molecule has 0 saturated heterocycles. The molecule has 1 N–H and O–H groups in total. The molecule has 1 rings (SSSR count). The van der Waals surface area contributed by atoms with Crippen LogP contribution in [0.4, 0.5) is 0 Å². The van der Waals surface area contributed by atoms with E-state index >= 15 is 0 Å². The standard InChI is InChI=1S/C14H20O4S/c1-5-9-7-11(17-3)10(8-12(9)19-4)13(15)14(16)18-6-2/h7-8,13,15H,5-6H2,1-4H3. The van der Waals surface area contributed by atoms with Crippen LogP contribution in [0.25, 0.3) is 0 Å². The fourth-order valence-electron chi connectivity index (χ4n) is 1.82. The Labute approximate surface area is 118 Å². The Balaban J connectivity index is 3.21. The summed E-state index contributed by atoms with van der Waals surface area (Å²) in [6.07, 6.45) is 1.51. The smallest absolute Gasteiger partial charge is 0.339 e. The highest BCUT2D eigenvalue weighted by Crippen LogP contribution is 2.33. The van der Waals surface area contributed by atoms with Crippen LogP contribution in [0.15, 0.2) is 17.0 Å². The molecule has 1 aromatic carbocycles. The van der Waals surface area contributed by atoms with Gasteiger partial charge in [-0.1, -0.05) is 6.92 Å². The van der Waals surface area contributed by atoms with Crippen LogP contribution in [-0.2, 0) is 16.0 Å². The minimum absolute atomic E-state index is 0.237. The third-order valence-corrected chi connectivity index (χ3v) is 3.64. The third kappa shape index (κ3) is 3.64. The van der Waals surface area contributed by atoms with Crippen molar-refractivity contribution in [2.75, 3.05) is 20.0 Å². The lowest BCUT2D eigenvalue weighted by atomic mass is 10.0. The molecule has 0 bridgehead atoms. The Bertz CT molecular complexity index is 445. The Hall–Kier alpha value is -1.20. The number of carbonyl (C=O) groups is 1. The molecule has 0 amide bonds. The quantitative estimate of drug-likeness (QED) is 0.643. The lowest BCUT2D eigenvalue weighted by molar-refractivity contribution is -0.153. The largest absolute Gasteiger partial charge is 0.496 e.